The van der Waals surface area contributed by atoms with Crippen molar-refractivity contribution in [3.63, 3.8) is 0 Å². The molecule has 1 atom stereocenters. The van der Waals surface area contributed by atoms with E-state index < -0.39 is 6.23 Å². The Morgan fingerprint density at radius 2 is 1.73 bits per heavy atom. The largest absolute Gasteiger partial charge is 0.438 e. The molecule has 2 aromatic rings. The summed E-state index contributed by atoms with van der Waals surface area (Å²) in [7, 11) is 0. The zero-order valence-corrected chi connectivity index (χ0v) is 12.9. The Bertz CT molecular complexity index is 695. The molecule has 0 aliphatic rings. The number of rotatable bonds is 4. The molecule has 112 valence electrons. The van der Waals surface area contributed by atoms with E-state index in [9.17, 15) is 4.79 Å². The number of esters is 1. The van der Waals surface area contributed by atoms with Crippen LogP contribution in [0.15, 0.2) is 42.5 Å². The van der Waals surface area contributed by atoms with Gasteiger partial charge in [-0.2, -0.15) is 5.26 Å². The maximum Gasteiger partial charge on any atom is 0.304 e. The lowest BCUT2D eigenvalue weighted by Crippen LogP contribution is -2.17. The molecule has 0 aromatic heterocycles. The van der Waals surface area contributed by atoms with Gasteiger partial charge in [0.15, 0.2) is 6.23 Å². The van der Waals surface area contributed by atoms with Crippen LogP contribution in [-0.2, 0) is 9.53 Å². The summed E-state index contributed by atoms with van der Waals surface area (Å²) in [6.45, 7) is 5.39. The van der Waals surface area contributed by atoms with E-state index in [0.29, 0.717) is 5.56 Å². The van der Waals surface area contributed by atoms with Crippen LogP contribution in [0, 0.1) is 25.2 Å². The highest BCUT2D eigenvalue weighted by Gasteiger charge is 2.15. The van der Waals surface area contributed by atoms with Crippen LogP contribution in [0.4, 0.5) is 5.69 Å². The Morgan fingerprint density at radius 3 is 2.23 bits per heavy atom. The zero-order valence-electron chi connectivity index (χ0n) is 12.9. The van der Waals surface area contributed by atoms with Crippen molar-refractivity contribution in [3.05, 3.63) is 64.7 Å². The summed E-state index contributed by atoms with van der Waals surface area (Å²) < 4.78 is 5.39. The predicted octanol–water partition coefficient (Wildman–Crippen LogP) is 3.85. The van der Waals surface area contributed by atoms with Gasteiger partial charge >= 0.3 is 5.97 Å². The Balaban J connectivity index is 2.29. The third-order valence-corrected chi connectivity index (χ3v) is 3.14. The van der Waals surface area contributed by atoms with Gasteiger partial charge in [0.05, 0.1) is 11.6 Å². The molecule has 2 rings (SSSR count). The lowest BCUT2D eigenvalue weighted by molar-refractivity contribution is -0.145. The number of anilines is 1. The monoisotopic (exact) mass is 294 g/mol. The first-order valence-corrected chi connectivity index (χ1v) is 7.00. The third-order valence-electron chi connectivity index (χ3n) is 3.14. The summed E-state index contributed by atoms with van der Waals surface area (Å²) in [6.07, 6.45) is -0.566. The molecule has 0 spiro atoms. The highest BCUT2D eigenvalue weighted by molar-refractivity contribution is 5.67. The van der Waals surface area contributed by atoms with Crippen molar-refractivity contribution in [1.82, 2.24) is 0 Å². The van der Waals surface area contributed by atoms with Gasteiger partial charge in [0, 0.05) is 18.2 Å². The molecule has 0 radical (unpaired) electrons. The number of aryl methyl sites for hydroxylation is 2. The molecule has 0 fully saturated rings. The van der Waals surface area contributed by atoms with E-state index in [4.69, 9.17) is 10.00 Å². The van der Waals surface area contributed by atoms with E-state index in [-0.39, 0.29) is 5.97 Å². The van der Waals surface area contributed by atoms with Crippen LogP contribution in [0.25, 0.3) is 0 Å². The first-order valence-electron chi connectivity index (χ1n) is 7.00. The van der Waals surface area contributed by atoms with E-state index in [2.05, 4.69) is 17.5 Å². The SMILES string of the molecule is CC(=O)OC(Nc1ccc(C#N)cc1)c1cc(C)cc(C)c1. The van der Waals surface area contributed by atoms with Gasteiger partial charge in [0.1, 0.15) is 0 Å². The number of nitriles is 1. The first-order chi connectivity index (χ1) is 10.5. The van der Waals surface area contributed by atoms with Gasteiger partial charge in [-0.3, -0.25) is 4.79 Å². The van der Waals surface area contributed by atoms with Crippen molar-refractivity contribution in [2.24, 2.45) is 0 Å². The topological polar surface area (TPSA) is 62.1 Å². The fraction of sp³-hybridized carbons (Fsp3) is 0.222. The summed E-state index contributed by atoms with van der Waals surface area (Å²) in [4.78, 5) is 11.4. The Labute approximate surface area is 130 Å². The normalized spacial score (nSPS) is 11.4. The number of ether oxygens (including phenoxy) is 1. The lowest BCUT2D eigenvalue weighted by atomic mass is 10.1. The van der Waals surface area contributed by atoms with Crippen molar-refractivity contribution >= 4 is 11.7 Å². The van der Waals surface area contributed by atoms with Crippen LogP contribution in [0.2, 0.25) is 0 Å². The van der Waals surface area contributed by atoms with Gasteiger partial charge in [-0.15, -0.1) is 0 Å². The number of nitrogens with zero attached hydrogens (tertiary/aromatic N) is 1. The number of benzene rings is 2. The van der Waals surface area contributed by atoms with Gasteiger partial charge in [-0.1, -0.05) is 29.3 Å². The van der Waals surface area contributed by atoms with Crippen molar-refractivity contribution in [2.75, 3.05) is 5.32 Å². The van der Waals surface area contributed by atoms with Gasteiger partial charge in [-0.25, -0.2) is 0 Å². The Morgan fingerprint density at radius 1 is 1.14 bits per heavy atom. The molecule has 0 aliphatic heterocycles. The van der Waals surface area contributed by atoms with E-state index in [1.807, 2.05) is 26.0 Å². The number of hydrogen-bond acceptors (Lipinski definition) is 4. The average molecular weight is 294 g/mol. The number of nitrogens with one attached hydrogen (secondary N) is 1. The minimum atomic E-state index is -0.566. The highest BCUT2D eigenvalue weighted by atomic mass is 16.6. The van der Waals surface area contributed by atoms with Crippen LogP contribution in [0.5, 0.6) is 0 Å². The fourth-order valence-corrected chi connectivity index (χ4v) is 2.30. The summed E-state index contributed by atoms with van der Waals surface area (Å²) in [5.41, 5.74) is 4.46. The summed E-state index contributed by atoms with van der Waals surface area (Å²) in [6, 6.07) is 15.1. The molecule has 4 heteroatoms. The maximum absolute atomic E-state index is 11.4. The zero-order chi connectivity index (χ0) is 16.1. The standard InChI is InChI=1S/C18H18N2O2/c1-12-8-13(2)10-16(9-12)18(22-14(3)21)20-17-6-4-15(11-19)5-7-17/h4-10,18,20H,1-3H3. The van der Waals surface area contributed by atoms with Crippen LogP contribution < -0.4 is 5.32 Å². The van der Waals surface area contributed by atoms with E-state index in [1.165, 1.54) is 6.92 Å². The molecule has 0 heterocycles. The molecular weight excluding hydrogens is 276 g/mol. The molecule has 0 saturated heterocycles. The predicted molar refractivity (Wildman–Crippen MR) is 85.2 cm³/mol. The van der Waals surface area contributed by atoms with Gasteiger partial charge < -0.3 is 10.1 Å². The molecule has 4 nitrogen and oxygen atoms in total. The molecule has 0 aliphatic carbocycles. The average Bonchev–Trinajstić information content (AvgIpc) is 2.46. The van der Waals surface area contributed by atoms with Crippen molar-refractivity contribution in [2.45, 2.75) is 27.0 Å². The quantitative estimate of drug-likeness (QED) is 0.687. The molecule has 1 unspecified atom stereocenters. The fourth-order valence-electron chi connectivity index (χ4n) is 2.30. The molecule has 0 amide bonds. The Kier molecular flexibility index (Phi) is 4.80. The number of hydrogen-bond donors (Lipinski definition) is 1. The number of carbonyl (C=O) groups excluding carboxylic acids is 1. The van der Waals surface area contributed by atoms with Crippen LogP contribution in [0.3, 0.4) is 0 Å². The molecule has 22 heavy (non-hydrogen) atoms. The second-order valence-electron chi connectivity index (χ2n) is 5.24. The first kappa shape index (κ1) is 15.6. The number of carbonyl (C=O) groups is 1. The maximum atomic E-state index is 11.4. The highest BCUT2D eigenvalue weighted by Crippen LogP contribution is 2.23. The van der Waals surface area contributed by atoms with Crippen molar-refractivity contribution in [3.8, 4) is 6.07 Å². The molecular formula is C18H18N2O2. The van der Waals surface area contributed by atoms with Gasteiger partial charge in [0.2, 0.25) is 0 Å². The van der Waals surface area contributed by atoms with Crippen LogP contribution in [0.1, 0.15) is 35.4 Å². The van der Waals surface area contributed by atoms with Gasteiger partial charge in [-0.05, 0) is 38.1 Å². The van der Waals surface area contributed by atoms with Crippen molar-refractivity contribution in [1.29, 1.82) is 5.26 Å². The lowest BCUT2D eigenvalue weighted by Gasteiger charge is -2.21. The Hall–Kier alpha value is -2.80. The second kappa shape index (κ2) is 6.77. The molecule has 0 bridgehead atoms. The second-order valence-corrected chi connectivity index (χ2v) is 5.24. The minimum Gasteiger partial charge on any atom is -0.438 e. The summed E-state index contributed by atoms with van der Waals surface area (Å²) in [5, 5.41) is 12.0. The molecule has 0 saturated carbocycles. The van der Waals surface area contributed by atoms with Gasteiger partial charge in [0.25, 0.3) is 0 Å². The van der Waals surface area contributed by atoms with E-state index in [0.717, 1.165) is 22.4 Å². The van der Waals surface area contributed by atoms with E-state index in [1.54, 1.807) is 24.3 Å². The third kappa shape index (κ3) is 4.10. The summed E-state index contributed by atoms with van der Waals surface area (Å²) in [5.74, 6) is -0.356. The van der Waals surface area contributed by atoms with E-state index >= 15 is 0 Å². The molecule has 1 N–H and O–H groups in total. The van der Waals surface area contributed by atoms with Crippen molar-refractivity contribution < 1.29 is 9.53 Å². The minimum absolute atomic E-state index is 0.356. The summed E-state index contributed by atoms with van der Waals surface area (Å²) >= 11 is 0. The molecule has 2 aromatic carbocycles. The van der Waals surface area contributed by atoms with Crippen LogP contribution in [-0.4, -0.2) is 5.97 Å². The van der Waals surface area contributed by atoms with Crippen LogP contribution >= 0.6 is 0 Å². The smallest absolute Gasteiger partial charge is 0.304 e.